The van der Waals surface area contributed by atoms with Crippen molar-refractivity contribution in [1.82, 2.24) is 0 Å². The number of phosphoric ester groups is 1. The summed E-state index contributed by atoms with van der Waals surface area (Å²) in [7, 11) is -4.36. The van der Waals surface area contributed by atoms with Crippen LogP contribution in [0.1, 0.15) is 149 Å². The highest BCUT2D eigenvalue weighted by Crippen LogP contribution is 2.43. The molecule has 0 aliphatic rings. The SMILES string of the molecule is CCCCCCCC/C=C/CCCCCC(=O)O[C@H](COC(=O)CCCCCCCCCC)COP(=O)(O)OCCN. The van der Waals surface area contributed by atoms with Crippen LogP contribution >= 0.6 is 7.82 Å². The zero-order valence-electron chi connectivity index (χ0n) is 26.7. The number of carbonyl (C=O) groups is 2. The van der Waals surface area contributed by atoms with Crippen molar-refractivity contribution in [2.24, 2.45) is 5.73 Å². The van der Waals surface area contributed by atoms with E-state index in [1.54, 1.807) is 0 Å². The molecule has 0 saturated heterocycles. The van der Waals surface area contributed by atoms with Crippen molar-refractivity contribution in [2.75, 3.05) is 26.4 Å². The quantitative estimate of drug-likeness (QED) is 0.0340. The van der Waals surface area contributed by atoms with E-state index >= 15 is 0 Å². The minimum absolute atomic E-state index is 0.0532. The van der Waals surface area contributed by atoms with Crippen molar-refractivity contribution in [2.45, 2.75) is 155 Å². The van der Waals surface area contributed by atoms with Crippen LogP contribution in [0.3, 0.4) is 0 Å². The molecule has 0 bridgehead atoms. The number of hydrogen-bond acceptors (Lipinski definition) is 8. The monoisotopic (exact) mass is 619 g/mol. The molecular formula is C32H62NO8P. The largest absolute Gasteiger partial charge is 0.472 e. The van der Waals surface area contributed by atoms with Crippen LogP contribution < -0.4 is 5.73 Å². The molecule has 0 saturated carbocycles. The number of hydrogen-bond donors (Lipinski definition) is 2. The van der Waals surface area contributed by atoms with Crippen molar-refractivity contribution in [3.05, 3.63) is 12.2 Å². The van der Waals surface area contributed by atoms with Crippen molar-refractivity contribution < 1.29 is 37.6 Å². The summed E-state index contributed by atoms with van der Waals surface area (Å²) in [6, 6.07) is 0. The first-order chi connectivity index (χ1) is 20.3. The number of esters is 2. The van der Waals surface area contributed by atoms with Gasteiger partial charge in [-0.15, -0.1) is 0 Å². The first-order valence-electron chi connectivity index (χ1n) is 16.7. The molecule has 0 aromatic carbocycles. The van der Waals surface area contributed by atoms with E-state index in [-0.39, 0.29) is 32.6 Å². The second-order valence-corrected chi connectivity index (χ2v) is 12.5. The molecule has 1 unspecified atom stereocenters. The van der Waals surface area contributed by atoms with Gasteiger partial charge in [0, 0.05) is 19.4 Å². The Morgan fingerprint density at radius 3 is 1.71 bits per heavy atom. The Balaban J connectivity index is 4.31. The first-order valence-corrected chi connectivity index (χ1v) is 18.2. The van der Waals surface area contributed by atoms with E-state index in [0.717, 1.165) is 44.9 Å². The second-order valence-electron chi connectivity index (χ2n) is 11.0. The minimum atomic E-state index is -4.36. The van der Waals surface area contributed by atoms with E-state index in [9.17, 15) is 19.0 Å². The van der Waals surface area contributed by atoms with Crippen molar-refractivity contribution in [3.8, 4) is 0 Å². The maximum Gasteiger partial charge on any atom is 0.472 e. The lowest BCUT2D eigenvalue weighted by Gasteiger charge is -2.19. The summed E-state index contributed by atoms with van der Waals surface area (Å²) in [6.07, 6.45) is 25.4. The van der Waals surface area contributed by atoms with E-state index < -0.39 is 32.5 Å². The number of nitrogens with two attached hydrogens (primary N) is 1. The number of phosphoric acid groups is 1. The van der Waals surface area contributed by atoms with Crippen LogP contribution in [-0.4, -0.2) is 49.3 Å². The van der Waals surface area contributed by atoms with Gasteiger partial charge in [-0.3, -0.25) is 18.6 Å². The predicted octanol–water partition coefficient (Wildman–Crippen LogP) is 8.32. The highest BCUT2D eigenvalue weighted by atomic mass is 31.2. The van der Waals surface area contributed by atoms with Crippen molar-refractivity contribution in [1.29, 1.82) is 0 Å². The Labute approximate surface area is 256 Å². The number of ether oxygens (including phenoxy) is 2. The van der Waals surface area contributed by atoms with Crippen LogP contribution in [0.25, 0.3) is 0 Å². The van der Waals surface area contributed by atoms with Gasteiger partial charge in [0.1, 0.15) is 6.61 Å². The van der Waals surface area contributed by atoms with Gasteiger partial charge in [0.2, 0.25) is 0 Å². The van der Waals surface area contributed by atoms with Crippen molar-refractivity contribution in [3.63, 3.8) is 0 Å². The van der Waals surface area contributed by atoms with Gasteiger partial charge in [-0.25, -0.2) is 4.57 Å². The summed E-state index contributed by atoms with van der Waals surface area (Å²) >= 11 is 0. The van der Waals surface area contributed by atoms with Gasteiger partial charge in [-0.2, -0.15) is 0 Å². The highest BCUT2D eigenvalue weighted by Gasteiger charge is 2.25. The van der Waals surface area contributed by atoms with E-state index in [0.29, 0.717) is 6.42 Å². The van der Waals surface area contributed by atoms with Crippen LogP contribution in [0.2, 0.25) is 0 Å². The highest BCUT2D eigenvalue weighted by molar-refractivity contribution is 7.47. The average molecular weight is 620 g/mol. The van der Waals surface area contributed by atoms with E-state index in [1.807, 2.05) is 0 Å². The summed E-state index contributed by atoms with van der Waals surface area (Å²) in [5, 5.41) is 0. The third-order valence-electron chi connectivity index (χ3n) is 6.90. The third kappa shape index (κ3) is 28.9. The molecule has 248 valence electrons. The molecule has 0 aliphatic carbocycles. The topological polar surface area (TPSA) is 134 Å². The van der Waals surface area contributed by atoms with Crippen LogP contribution in [0.5, 0.6) is 0 Å². The lowest BCUT2D eigenvalue weighted by Crippen LogP contribution is -2.29. The Morgan fingerprint density at radius 2 is 1.17 bits per heavy atom. The Morgan fingerprint density at radius 1 is 0.690 bits per heavy atom. The first kappa shape index (κ1) is 40.8. The molecule has 9 nitrogen and oxygen atoms in total. The number of carbonyl (C=O) groups excluding carboxylic acids is 2. The molecule has 2 atom stereocenters. The van der Waals surface area contributed by atoms with Gasteiger partial charge < -0.3 is 20.1 Å². The molecule has 0 heterocycles. The number of rotatable bonds is 31. The fraction of sp³-hybridized carbons (Fsp3) is 0.875. The fourth-order valence-corrected chi connectivity index (χ4v) is 5.16. The molecule has 3 N–H and O–H groups in total. The normalized spacial score (nSPS) is 13.7. The van der Waals surface area contributed by atoms with Gasteiger partial charge in [-0.05, 0) is 38.5 Å². The maximum atomic E-state index is 12.4. The number of allylic oxidation sites excluding steroid dienone is 2. The summed E-state index contributed by atoms with van der Waals surface area (Å²) in [4.78, 5) is 34.4. The standard InChI is InChI=1S/C32H62NO8P/c1-3-5-7-9-11-13-14-15-16-17-19-21-23-25-32(35)41-30(29-40-42(36,37)39-27-26-33)28-38-31(34)24-22-20-18-12-10-8-6-4-2/h15-16,30H,3-14,17-29,33H2,1-2H3,(H,36,37)/b16-15+/t30-/m1/s1. The lowest BCUT2D eigenvalue weighted by molar-refractivity contribution is -0.161. The summed E-state index contributed by atoms with van der Waals surface area (Å²) in [5.41, 5.74) is 5.30. The van der Waals surface area contributed by atoms with Gasteiger partial charge in [0.05, 0.1) is 13.2 Å². The number of unbranched alkanes of at least 4 members (excludes halogenated alkanes) is 16. The third-order valence-corrected chi connectivity index (χ3v) is 7.89. The molecule has 0 aromatic heterocycles. The minimum Gasteiger partial charge on any atom is -0.462 e. The summed E-state index contributed by atoms with van der Waals surface area (Å²) in [6.45, 7) is 3.65. The van der Waals surface area contributed by atoms with Gasteiger partial charge >= 0.3 is 19.8 Å². The van der Waals surface area contributed by atoms with Crippen LogP contribution in [0, 0.1) is 0 Å². The summed E-state index contributed by atoms with van der Waals surface area (Å²) < 4.78 is 32.4. The zero-order chi connectivity index (χ0) is 31.2. The second kappa shape index (κ2) is 29.8. The Kier molecular flexibility index (Phi) is 28.9. The maximum absolute atomic E-state index is 12.4. The van der Waals surface area contributed by atoms with E-state index in [1.165, 1.54) is 70.6 Å². The van der Waals surface area contributed by atoms with Gasteiger partial charge in [0.25, 0.3) is 0 Å². The molecule has 0 fully saturated rings. The van der Waals surface area contributed by atoms with Crippen LogP contribution in [-0.2, 0) is 32.7 Å². The Bertz CT molecular complexity index is 719. The summed E-state index contributed by atoms with van der Waals surface area (Å²) in [5.74, 6) is -0.852. The van der Waals surface area contributed by atoms with Crippen LogP contribution in [0.4, 0.5) is 0 Å². The lowest BCUT2D eigenvalue weighted by atomic mass is 10.1. The molecular weight excluding hydrogens is 557 g/mol. The molecule has 0 rings (SSSR count). The van der Waals surface area contributed by atoms with E-state index in [4.69, 9.17) is 24.3 Å². The van der Waals surface area contributed by atoms with Gasteiger partial charge in [0.15, 0.2) is 6.10 Å². The molecule has 0 aliphatic heterocycles. The Hall–Kier alpha value is -1.25. The van der Waals surface area contributed by atoms with Crippen molar-refractivity contribution >= 4 is 19.8 Å². The van der Waals surface area contributed by atoms with E-state index in [2.05, 4.69) is 26.0 Å². The molecule has 42 heavy (non-hydrogen) atoms. The van der Waals surface area contributed by atoms with Gasteiger partial charge in [-0.1, -0.05) is 109 Å². The molecule has 0 radical (unpaired) electrons. The fourth-order valence-electron chi connectivity index (χ4n) is 4.39. The predicted molar refractivity (Wildman–Crippen MR) is 169 cm³/mol. The zero-order valence-corrected chi connectivity index (χ0v) is 27.6. The smallest absolute Gasteiger partial charge is 0.462 e. The molecule has 10 heteroatoms. The molecule has 0 amide bonds. The average Bonchev–Trinajstić information content (AvgIpc) is 2.97. The molecule has 0 spiro atoms. The van der Waals surface area contributed by atoms with Crippen LogP contribution in [0.15, 0.2) is 12.2 Å². The molecule has 0 aromatic rings.